The highest BCUT2D eigenvalue weighted by Crippen LogP contribution is 2.26. The number of primary amides is 1. The zero-order valence-electron chi connectivity index (χ0n) is 15.0. The SMILES string of the molecule is NC=O.Nc1c(F)c(F)c(F)c(F)c1C(=O)O.O=c1[nH]cnc2c(F)c(F)c(F)c(F)c12. The number of benzene rings is 2. The van der Waals surface area contributed by atoms with Crippen LogP contribution in [0.1, 0.15) is 10.4 Å². The van der Waals surface area contributed by atoms with Gasteiger partial charge in [-0.2, -0.15) is 0 Å². The van der Waals surface area contributed by atoms with E-state index in [0.29, 0.717) is 0 Å². The maximum absolute atomic E-state index is 13.1. The summed E-state index contributed by atoms with van der Waals surface area (Å²) in [5.74, 6) is -17.7. The number of nitrogens with zero attached hydrogens (tertiary/aromatic N) is 1. The lowest BCUT2D eigenvalue weighted by molar-refractivity contribution is -0.106. The van der Waals surface area contributed by atoms with Crippen LogP contribution in [-0.4, -0.2) is 27.5 Å². The number of carboxylic acids is 1. The Bertz CT molecular complexity index is 1240. The van der Waals surface area contributed by atoms with E-state index in [0.717, 1.165) is 6.33 Å². The van der Waals surface area contributed by atoms with Gasteiger partial charge in [-0.1, -0.05) is 0 Å². The molecule has 1 aromatic heterocycles. The van der Waals surface area contributed by atoms with Crippen molar-refractivity contribution >= 4 is 29.0 Å². The number of carbonyl (C=O) groups excluding carboxylic acids is 1. The molecule has 3 rings (SSSR count). The topological polar surface area (TPSA) is 152 Å². The van der Waals surface area contributed by atoms with Crippen LogP contribution in [-0.2, 0) is 4.79 Å². The van der Waals surface area contributed by atoms with Crippen molar-refractivity contribution in [1.82, 2.24) is 9.97 Å². The molecule has 0 aliphatic rings. The highest BCUT2D eigenvalue weighted by molar-refractivity contribution is 5.94. The average Bonchev–Trinajstić information content (AvgIpc) is 2.74. The van der Waals surface area contributed by atoms with Gasteiger partial charge in [-0.25, -0.2) is 44.9 Å². The second kappa shape index (κ2) is 10.2. The molecular weight excluding hydrogens is 464 g/mol. The molecule has 3 aromatic rings. The van der Waals surface area contributed by atoms with Crippen LogP contribution in [0, 0.1) is 46.5 Å². The predicted octanol–water partition coefficient (Wildman–Crippen LogP) is 2.10. The lowest BCUT2D eigenvalue weighted by Gasteiger charge is -2.05. The molecule has 0 saturated heterocycles. The molecule has 0 aliphatic heterocycles. The highest BCUT2D eigenvalue weighted by Gasteiger charge is 2.27. The molecule has 0 aliphatic carbocycles. The number of H-pyrrole nitrogens is 1. The van der Waals surface area contributed by atoms with Gasteiger partial charge in [0.2, 0.25) is 6.41 Å². The van der Waals surface area contributed by atoms with E-state index < -0.39 is 80.2 Å². The summed E-state index contributed by atoms with van der Waals surface area (Å²) < 4.78 is 102. The third kappa shape index (κ3) is 4.73. The standard InChI is InChI=1S/C8H2F4N2O.C7H3F4NO2.CH3NO/c9-3-2-7(13-1-14-8(2)15)6(12)5(11)4(3)10;8-2-1(7(13)14)6(12)5(11)4(10)3(2)9;2-1-3/h1H,(H,13,14,15);12H2,(H,13,14);1H,(H2,2,3). The van der Waals surface area contributed by atoms with Gasteiger partial charge in [0.1, 0.15) is 16.5 Å². The van der Waals surface area contributed by atoms with Gasteiger partial charge in [-0.05, 0) is 0 Å². The van der Waals surface area contributed by atoms with E-state index >= 15 is 0 Å². The number of carbonyl (C=O) groups is 2. The highest BCUT2D eigenvalue weighted by atomic mass is 19.2. The second-order valence-corrected chi connectivity index (χ2v) is 5.20. The quantitative estimate of drug-likeness (QED) is 0.140. The third-order valence-electron chi connectivity index (χ3n) is 3.38. The molecular formula is C16H8F8N4O4. The Kier molecular flexibility index (Phi) is 8.21. The first-order valence-electron chi connectivity index (χ1n) is 7.52. The minimum atomic E-state index is -2.20. The Balaban J connectivity index is 0.000000286. The van der Waals surface area contributed by atoms with Crippen LogP contribution in [0.5, 0.6) is 0 Å². The lowest BCUT2D eigenvalue weighted by atomic mass is 10.1. The summed E-state index contributed by atoms with van der Waals surface area (Å²) in [4.78, 5) is 35.0. The Labute approximate surface area is 170 Å². The molecule has 0 fully saturated rings. The average molecular weight is 472 g/mol. The number of aromatic nitrogens is 2. The van der Waals surface area contributed by atoms with Gasteiger partial charge < -0.3 is 21.6 Å². The Morgan fingerprint density at radius 2 is 1.31 bits per heavy atom. The Morgan fingerprint density at radius 3 is 1.81 bits per heavy atom. The van der Waals surface area contributed by atoms with Crippen LogP contribution in [0.25, 0.3) is 10.9 Å². The number of aromatic carboxylic acids is 1. The van der Waals surface area contributed by atoms with E-state index in [1.54, 1.807) is 0 Å². The van der Waals surface area contributed by atoms with E-state index in [1.807, 2.05) is 4.98 Å². The number of fused-ring (bicyclic) bond motifs is 1. The largest absolute Gasteiger partial charge is 0.478 e. The number of rotatable bonds is 1. The smallest absolute Gasteiger partial charge is 0.341 e. The molecule has 0 unspecified atom stereocenters. The first kappa shape index (κ1) is 25.8. The summed E-state index contributed by atoms with van der Waals surface area (Å²) in [5.41, 5.74) is 4.32. The molecule has 1 heterocycles. The summed E-state index contributed by atoms with van der Waals surface area (Å²) in [7, 11) is 0. The van der Waals surface area contributed by atoms with Crippen molar-refractivity contribution in [3.63, 3.8) is 0 Å². The number of nitrogens with one attached hydrogen (secondary N) is 1. The van der Waals surface area contributed by atoms with Crippen LogP contribution in [0.2, 0.25) is 0 Å². The first-order chi connectivity index (χ1) is 14.8. The second-order valence-electron chi connectivity index (χ2n) is 5.20. The summed E-state index contributed by atoms with van der Waals surface area (Å²) in [6.07, 6.45) is 1.02. The minimum Gasteiger partial charge on any atom is -0.478 e. The van der Waals surface area contributed by atoms with Crippen molar-refractivity contribution in [2.75, 3.05) is 5.73 Å². The van der Waals surface area contributed by atoms with Gasteiger partial charge in [0.25, 0.3) is 5.56 Å². The maximum atomic E-state index is 13.1. The molecule has 16 heteroatoms. The van der Waals surface area contributed by atoms with Crippen LogP contribution in [0.4, 0.5) is 40.8 Å². The number of nitrogen functional groups attached to an aromatic ring is 1. The van der Waals surface area contributed by atoms with E-state index in [9.17, 15) is 44.7 Å². The summed E-state index contributed by atoms with van der Waals surface area (Å²) in [6, 6.07) is 0. The number of aromatic amines is 1. The molecule has 172 valence electrons. The Hall–Kier alpha value is -4.24. The molecule has 0 radical (unpaired) electrons. The predicted molar refractivity (Wildman–Crippen MR) is 90.1 cm³/mol. The van der Waals surface area contributed by atoms with E-state index in [4.69, 9.17) is 15.6 Å². The van der Waals surface area contributed by atoms with Crippen LogP contribution in [0.3, 0.4) is 0 Å². The molecule has 6 N–H and O–H groups in total. The first-order valence-corrected chi connectivity index (χ1v) is 7.52. The fraction of sp³-hybridized carbons (Fsp3) is 0. The van der Waals surface area contributed by atoms with Gasteiger partial charge in [0.15, 0.2) is 46.5 Å². The number of anilines is 1. The Morgan fingerprint density at radius 1 is 0.875 bits per heavy atom. The van der Waals surface area contributed by atoms with Gasteiger partial charge in [-0.15, -0.1) is 0 Å². The molecule has 0 spiro atoms. The van der Waals surface area contributed by atoms with E-state index in [1.165, 1.54) is 0 Å². The molecule has 32 heavy (non-hydrogen) atoms. The summed E-state index contributed by atoms with van der Waals surface area (Å²) >= 11 is 0. The monoisotopic (exact) mass is 472 g/mol. The van der Waals surface area contributed by atoms with Gasteiger partial charge in [0.05, 0.1) is 12.0 Å². The molecule has 8 nitrogen and oxygen atoms in total. The normalized spacial score (nSPS) is 10.0. The fourth-order valence-electron chi connectivity index (χ4n) is 2.03. The van der Waals surface area contributed by atoms with E-state index in [2.05, 4.69) is 10.7 Å². The summed E-state index contributed by atoms with van der Waals surface area (Å²) in [5, 5.41) is 7.37. The van der Waals surface area contributed by atoms with Gasteiger partial charge >= 0.3 is 5.97 Å². The van der Waals surface area contributed by atoms with Gasteiger partial charge in [0, 0.05) is 0 Å². The molecule has 2 aromatic carbocycles. The fourth-order valence-corrected chi connectivity index (χ4v) is 2.03. The van der Waals surface area contributed by atoms with Crippen molar-refractivity contribution in [3.05, 3.63) is 68.8 Å². The van der Waals surface area contributed by atoms with Gasteiger partial charge in [-0.3, -0.25) is 9.59 Å². The molecule has 0 bridgehead atoms. The maximum Gasteiger partial charge on any atom is 0.341 e. The van der Waals surface area contributed by atoms with Crippen molar-refractivity contribution in [3.8, 4) is 0 Å². The van der Waals surface area contributed by atoms with Crippen LogP contribution in [0.15, 0.2) is 11.1 Å². The third-order valence-corrected chi connectivity index (χ3v) is 3.38. The number of halogens is 8. The number of nitrogens with two attached hydrogens (primary N) is 2. The van der Waals surface area contributed by atoms with Crippen LogP contribution >= 0.6 is 0 Å². The lowest BCUT2D eigenvalue weighted by Crippen LogP contribution is -2.12. The molecule has 0 saturated carbocycles. The number of carboxylic acid groups (broad SMARTS) is 1. The molecule has 0 atom stereocenters. The number of hydrogen-bond donors (Lipinski definition) is 4. The summed E-state index contributed by atoms with van der Waals surface area (Å²) in [6.45, 7) is 0. The molecule has 1 amide bonds. The van der Waals surface area contributed by atoms with Crippen molar-refractivity contribution < 1.29 is 49.8 Å². The van der Waals surface area contributed by atoms with Crippen molar-refractivity contribution in [2.45, 2.75) is 0 Å². The number of hydrogen-bond acceptors (Lipinski definition) is 5. The van der Waals surface area contributed by atoms with Crippen molar-refractivity contribution in [1.29, 1.82) is 0 Å². The number of amides is 1. The van der Waals surface area contributed by atoms with Crippen LogP contribution < -0.4 is 17.0 Å². The van der Waals surface area contributed by atoms with E-state index in [-0.39, 0.29) is 6.41 Å². The van der Waals surface area contributed by atoms with Crippen molar-refractivity contribution in [2.24, 2.45) is 5.73 Å². The zero-order chi connectivity index (χ0) is 24.9. The minimum absolute atomic E-state index is 0.250. The zero-order valence-corrected chi connectivity index (χ0v) is 15.0.